The monoisotopic (exact) mass is 553 g/mol. The molecule has 3 aromatic rings. The minimum Gasteiger partial charge on any atom is -0.481 e. The fourth-order valence-electron chi connectivity index (χ4n) is 4.48. The number of nitrogens with two attached hydrogens (primary N) is 1. The molecule has 0 saturated carbocycles. The molecule has 14 heteroatoms. The van der Waals surface area contributed by atoms with E-state index in [1.54, 1.807) is 24.1 Å². The average Bonchev–Trinajstić information content (AvgIpc) is 3.37. The van der Waals surface area contributed by atoms with Gasteiger partial charge in [0.05, 0.1) is 30.1 Å². The van der Waals surface area contributed by atoms with Gasteiger partial charge >= 0.3 is 6.18 Å². The van der Waals surface area contributed by atoms with E-state index in [2.05, 4.69) is 27.4 Å². The molecule has 11 nitrogen and oxygen atoms in total. The summed E-state index contributed by atoms with van der Waals surface area (Å²) in [7, 11) is 1.39. The SMILES string of the molecule is COCC(Oc1cc(/C(=N/N)C(C)=NC2CCN(C#N)CC2)cn2ncc(C#N)c12)c1cncc(C(F)(F)F)c1. The molecule has 1 aliphatic rings. The first-order valence-electron chi connectivity index (χ1n) is 12.2. The highest BCUT2D eigenvalue weighted by atomic mass is 19.4. The number of hydrogen-bond acceptors (Lipinski definition) is 10. The Labute approximate surface area is 227 Å². The number of alkyl halides is 3. The fraction of sp³-hybridized carbons (Fsp3) is 0.385. The van der Waals surface area contributed by atoms with Crippen LogP contribution in [-0.2, 0) is 10.9 Å². The number of fused-ring (bicyclic) bond motifs is 1. The maximum atomic E-state index is 13.4. The summed E-state index contributed by atoms with van der Waals surface area (Å²) in [6, 6.07) is 4.57. The van der Waals surface area contributed by atoms with Crippen molar-refractivity contribution in [2.75, 3.05) is 26.8 Å². The highest BCUT2D eigenvalue weighted by Gasteiger charge is 2.32. The Morgan fingerprint density at radius 1 is 1.23 bits per heavy atom. The van der Waals surface area contributed by atoms with E-state index < -0.39 is 17.8 Å². The minimum atomic E-state index is -4.60. The standard InChI is InChI=1S/C26H26F3N9O2/c1-16(35-21-3-5-37(15-31)6-4-21)24(36-32)18-8-22(25-19(9-30)11-34-38(25)13-18)40-23(14-39-2)17-7-20(12-33-10-17)26(27,28)29/h7-8,10-13,21,23H,3-6,14,32H2,1-2H3/b35-16?,36-24+. The number of aliphatic imine (C=N–C) groups is 1. The Morgan fingerprint density at radius 2 is 1.98 bits per heavy atom. The number of hydrazone groups is 1. The van der Waals surface area contributed by atoms with Gasteiger partial charge in [-0.05, 0) is 31.9 Å². The zero-order valence-corrected chi connectivity index (χ0v) is 21.8. The smallest absolute Gasteiger partial charge is 0.417 e. The normalized spacial score (nSPS) is 16.0. The summed E-state index contributed by atoms with van der Waals surface area (Å²) in [6.45, 7) is 2.87. The Balaban J connectivity index is 1.74. The highest BCUT2D eigenvalue weighted by Crippen LogP contribution is 2.33. The molecular weight excluding hydrogens is 527 g/mol. The number of halogens is 3. The maximum absolute atomic E-state index is 13.4. The van der Waals surface area contributed by atoms with Crippen LogP contribution < -0.4 is 10.6 Å². The quantitative estimate of drug-likeness (QED) is 0.193. The van der Waals surface area contributed by atoms with Gasteiger partial charge in [-0.1, -0.05) is 0 Å². The molecule has 0 radical (unpaired) electrons. The van der Waals surface area contributed by atoms with E-state index in [0.29, 0.717) is 48.4 Å². The minimum absolute atomic E-state index is 0.0183. The molecule has 0 aliphatic carbocycles. The van der Waals surface area contributed by atoms with Gasteiger partial charge in [-0.25, -0.2) is 4.52 Å². The summed E-state index contributed by atoms with van der Waals surface area (Å²) in [6.07, 6.45) is 2.91. The van der Waals surface area contributed by atoms with Crippen molar-refractivity contribution < 1.29 is 22.6 Å². The number of nitriles is 2. The van der Waals surface area contributed by atoms with Crippen LogP contribution in [0.5, 0.6) is 5.75 Å². The first-order chi connectivity index (χ1) is 19.2. The number of hydrogen-bond donors (Lipinski definition) is 1. The van der Waals surface area contributed by atoms with Crippen LogP contribution >= 0.6 is 0 Å². The largest absolute Gasteiger partial charge is 0.481 e. The first-order valence-corrected chi connectivity index (χ1v) is 12.2. The molecule has 1 fully saturated rings. The Kier molecular flexibility index (Phi) is 8.50. The van der Waals surface area contributed by atoms with Crippen LogP contribution in [0.1, 0.15) is 48.1 Å². The summed E-state index contributed by atoms with van der Waals surface area (Å²) in [5.74, 6) is 5.93. The van der Waals surface area contributed by atoms with Crippen LogP contribution in [-0.4, -0.2) is 63.8 Å². The first kappa shape index (κ1) is 28.3. The maximum Gasteiger partial charge on any atom is 0.417 e. The van der Waals surface area contributed by atoms with E-state index in [1.165, 1.54) is 24.0 Å². The van der Waals surface area contributed by atoms with Crippen molar-refractivity contribution in [3.63, 3.8) is 0 Å². The van der Waals surface area contributed by atoms with Crippen molar-refractivity contribution in [2.24, 2.45) is 15.9 Å². The second-order valence-corrected chi connectivity index (χ2v) is 9.13. The van der Waals surface area contributed by atoms with Crippen molar-refractivity contribution in [3.05, 3.63) is 59.2 Å². The van der Waals surface area contributed by atoms with Crippen molar-refractivity contribution in [3.8, 4) is 18.0 Å². The second kappa shape index (κ2) is 12.0. The molecular formula is C26H26F3N9O2. The topological polar surface area (TPSA) is 150 Å². The summed E-state index contributed by atoms with van der Waals surface area (Å²) >= 11 is 0. The molecule has 0 aromatic carbocycles. The van der Waals surface area contributed by atoms with Gasteiger partial charge in [-0.15, -0.1) is 0 Å². The van der Waals surface area contributed by atoms with Crippen molar-refractivity contribution in [2.45, 2.75) is 38.1 Å². The third-order valence-electron chi connectivity index (χ3n) is 6.47. The number of methoxy groups -OCH3 is 1. The van der Waals surface area contributed by atoms with Crippen molar-refractivity contribution in [1.82, 2.24) is 19.5 Å². The lowest BCUT2D eigenvalue weighted by Gasteiger charge is -2.26. The van der Waals surface area contributed by atoms with Gasteiger partial charge in [-0.3, -0.25) is 9.98 Å². The zero-order chi connectivity index (χ0) is 28.9. The zero-order valence-electron chi connectivity index (χ0n) is 21.8. The van der Waals surface area contributed by atoms with Crippen LogP contribution in [0.15, 0.2) is 47.0 Å². The number of aromatic nitrogens is 3. The van der Waals surface area contributed by atoms with E-state index >= 15 is 0 Å². The van der Waals surface area contributed by atoms with Crippen molar-refractivity contribution in [1.29, 1.82) is 10.5 Å². The van der Waals surface area contributed by atoms with Crippen LogP contribution in [0.4, 0.5) is 13.2 Å². The number of rotatable bonds is 8. The van der Waals surface area contributed by atoms with Crippen molar-refractivity contribution >= 4 is 16.9 Å². The summed E-state index contributed by atoms with van der Waals surface area (Å²) < 4.78 is 52.9. The van der Waals surface area contributed by atoms with Gasteiger partial charge in [0.25, 0.3) is 0 Å². The van der Waals surface area contributed by atoms with Crippen LogP contribution in [0, 0.1) is 22.8 Å². The molecule has 2 N–H and O–H groups in total. The van der Waals surface area contributed by atoms with E-state index in [1.807, 2.05) is 0 Å². The van der Waals surface area contributed by atoms with Crippen LogP contribution in [0.3, 0.4) is 0 Å². The lowest BCUT2D eigenvalue weighted by Crippen LogP contribution is -2.32. The molecule has 1 saturated heterocycles. The van der Waals surface area contributed by atoms with Crippen LogP contribution in [0.25, 0.3) is 5.52 Å². The van der Waals surface area contributed by atoms with Crippen LogP contribution in [0.2, 0.25) is 0 Å². The average molecular weight is 554 g/mol. The van der Waals surface area contributed by atoms with E-state index in [9.17, 15) is 18.4 Å². The third kappa shape index (κ3) is 6.13. The summed E-state index contributed by atoms with van der Waals surface area (Å²) in [5, 5.41) is 26.9. The summed E-state index contributed by atoms with van der Waals surface area (Å²) in [5.41, 5.74) is 1.06. The lowest BCUT2D eigenvalue weighted by atomic mass is 10.0. The second-order valence-electron chi connectivity index (χ2n) is 9.13. The molecule has 1 unspecified atom stereocenters. The van der Waals surface area contributed by atoms with E-state index in [0.717, 1.165) is 12.3 Å². The molecule has 1 atom stereocenters. The molecule has 3 aromatic heterocycles. The molecule has 0 spiro atoms. The summed E-state index contributed by atoms with van der Waals surface area (Å²) in [4.78, 5) is 10.2. The van der Waals surface area contributed by atoms with Gasteiger partial charge in [0, 0.05) is 49.9 Å². The van der Waals surface area contributed by atoms with Gasteiger partial charge in [0.2, 0.25) is 0 Å². The molecule has 0 amide bonds. The molecule has 1 aliphatic heterocycles. The predicted octanol–water partition coefficient (Wildman–Crippen LogP) is 3.46. The molecule has 4 rings (SSSR count). The Hall–Kier alpha value is -4.69. The highest BCUT2D eigenvalue weighted by molar-refractivity contribution is 6.47. The van der Waals surface area contributed by atoms with Gasteiger partial charge < -0.3 is 20.2 Å². The van der Waals surface area contributed by atoms with E-state index in [4.69, 9.17) is 25.6 Å². The molecule has 0 bridgehead atoms. The molecule has 40 heavy (non-hydrogen) atoms. The van der Waals surface area contributed by atoms with E-state index in [-0.39, 0.29) is 29.5 Å². The van der Waals surface area contributed by atoms with Gasteiger partial charge in [-0.2, -0.15) is 33.9 Å². The molecule has 208 valence electrons. The number of nitrogens with zero attached hydrogens (tertiary/aromatic N) is 8. The number of piperidine rings is 1. The Bertz CT molecular complexity index is 1510. The fourth-order valence-corrected chi connectivity index (χ4v) is 4.48. The number of likely N-dealkylation sites (tertiary alicyclic amines) is 1. The predicted molar refractivity (Wildman–Crippen MR) is 138 cm³/mol. The van der Waals surface area contributed by atoms with Gasteiger partial charge in [0.15, 0.2) is 6.19 Å². The number of pyridine rings is 2. The molecule has 4 heterocycles. The van der Waals surface area contributed by atoms with Gasteiger partial charge in [0.1, 0.15) is 34.7 Å². The third-order valence-corrected chi connectivity index (χ3v) is 6.47. The lowest BCUT2D eigenvalue weighted by molar-refractivity contribution is -0.137. The Morgan fingerprint density at radius 3 is 2.60 bits per heavy atom. The number of ether oxygens (including phenoxy) is 2.